The number of aromatic nitrogens is 2. The van der Waals surface area contributed by atoms with Crippen molar-refractivity contribution in [1.29, 1.82) is 0 Å². The highest BCUT2D eigenvalue weighted by molar-refractivity contribution is 6.06. The van der Waals surface area contributed by atoms with Crippen LogP contribution in [-0.4, -0.2) is 21.5 Å². The normalized spacial score (nSPS) is 17.0. The number of pyridine rings is 1. The first kappa shape index (κ1) is 20.2. The molecule has 166 valence electrons. The smallest absolute Gasteiger partial charge is 0.253 e. The van der Waals surface area contributed by atoms with E-state index in [0.717, 1.165) is 29.5 Å². The third-order valence-corrected chi connectivity index (χ3v) is 7.55. The minimum atomic E-state index is -0.301. The lowest BCUT2D eigenvalue weighted by atomic mass is 9.54. The first-order valence-corrected chi connectivity index (χ1v) is 11.7. The first-order valence-electron chi connectivity index (χ1n) is 11.7. The van der Waals surface area contributed by atoms with Crippen LogP contribution in [0.25, 0.3) is 22.0 Å². The summed E-state index contributed by atoms with van der Waals surface area (Å²) < 4.78 is 16.5. The summed E-state index contributed by atoms with van der Waals surface area (Å²) >= 11 is 0. The summed E-state index contributed by atoms with van der Waals surface area (Å²) in [5.74, 6) is -0.405. The molecule has 0 radical (unpaired) electrons. The lowest BCUT2D eigenvalue weighted by molar-refractivity contribution is -0.000603. The van der Waals surface area contributed by atoms with E-state index in [1.165, 1.54) is 25.3 Å². The predicted molar refractivity (Wildman–Crippen MR) is 127 cm³/mol. The monoisotopic (exact) mass is 439 g/mol. The van der Waals surface area contributed by atoms with E-state index in [9.17, 15) is 9.18 Å². The number of halogens is 1. The molecule has 5 heteroatoms. The van der Waals surface area contributed by atoms with E-state index >= 15 is 0 Å². The zero-order chi connectivity index (χ0) is 22.4. The Morgan fingerprint density at radius 1 is 1.00 bits per heavy atom. The lowest BCUT2D eigenvalue weighted by Crippen LogP contribution is -2.53. The second-order valence-corrected chi connectivity index (χ2v) is 9.67. The van der Waals surface area contributed by atoms with E-state index in [0.29, 0.717) is 28.4 Å². The summed E-state index contributed by atoms with van der Waals surface area (Å²) in [5, 5.41) is 3.68. The molecule has 2 fully saturated rings. The van der Waals surface area contributed by atoms with Crippen LogP contribution in [0.2, 0.25) is 0 Å². The average molecular weight is 440 g/mol. The summed E-state index contributed by atoms with van der Waals surface area (Å²) in [6, 6.07) is 17.3. The van der Waals surface area contributed by atoms with Crippen LogP contribution < -0.4 is 5.32 Å². The number of carbonyl (C=O) groups is 1. The van der Waals surface area contributed by atoms with Crippen LogP contribution in [0.1, 0.15) is 48.0 Å². The predicted octanol–water partition coefficient (Wildman–Crippen LogP) is 5.95. The van der Waals surface area contributed by atoms with Crippen molar-refractivity contribution in [3.8, 4) is 11.1 Å². The van der Waals surface area contributed by atoms with Gasteiger partial charge < -0.3 is 9.88 Å². The Kier molecular flexibility index (Phi) is 4.79. The van der Waals surface area contributed by atoms with Gasteiger partial charge in [-0.1, -0.05) is 30.7 Å². The largest absolute Gasteiger partial charge is 0.349 e. The van der Waals surface area contributed by atoms with Crippen molar-refractivity contribution in [1.82, 2.24) is 14.9 Å². The second-order valence-electron chi connectivity index (χ2n) is 9.67. The molecule has 0 saturated heterocycles. The SMILES string of the molecule is O=C(NC1CC2(CCC2)C1)c1ccc(F)c2ccn(Cc3ccc(-c4ccncc4)cc3)c12. The Labute approximate surface area is 192 Å². The standard InChI is InChI=1S/C28H26FN3O/c29-25-7-6-24(27(33)31-22-16-28(17-22)11-1-12-28)26-23(25)10-15-32(26)18-19-2-4-20(5-3-19)21-8-13-30-14-9-21/h2-10,13-15,22H,1,11-12,16-18H2,(H,31,33). The summed E-state index contributed by atoms with van der Waals surface area (Å²) in [4.78, 5) is 17.2. The van der Waals surface area contributed by atoms with E-state index in [4.69, 9.17) is 0 Å². The molecule has 2 heterocycles. The lowest BCUT2D eigenvalue weighted by Gasteiger charge is -2.54. The van der Waals surface area contributed by atoms with Crippen molar-refractivity contribution < 1.29 is 9.18 Å². The molecule has 4 nitrogen and oxygen atoms in total. The van der Waals surface area contributed by atoms with Crippen LogP contribution in [0, 0.1) is 11.2 Å². The number of amides is 1. The van der Waals surface area contributed by atoms with E-state index in [1.807, 2.05) is 22.9 Å². The minimum Gasteiger partial charge on any atom is -0.349 e. The van der Waals surface area contributed by atoms with Crippen molar-refractivity contribution in [2.75, 3.05) is 0 Å². The van der Waals surface area contributed by atoms with Gasteiger partial charge in [-0.05, 0) is 78.1 Å². The molecule has 0 aliphatic heterocycles. The molecule has 2 aliphatic carbocycles. The Morgan fingerprint density at radius 3 is 2.42 bits per heavy atom. The molecular formula is C28H26FN3O. The zero-order valence-corrected chi connectivity index (χ0v) is 18.4. The number of hydrogen-bond acceptors (Lipinski definition) is 2. The fourth-order valence-corrected chi connectivity index (χ4v) is 5.58. The van der Waals surface area contributed by atoms with Gasteiger partial charge in [0.1, 0.15) is 5.82 Å². The molecule has 4 aromatic rings. The van der Waals surface area contributed by atoms with Crippen LogP contribution in [0.15, 0.2) is 73.2 Å². The number of hydrogen-bond donors (Lipinski definition) is 1. The van der Waals surface area contributed by atoms with Gasteiger partial charge in [-0.25, -0.2) is 4.39 Å². The number of fused-ring (bicyclic) bond motifs is 1. The molecule has 1 amide bonds. The van der Waals surface area contributed by atoms with Gasteiger partial charge in [0.15, 0.2) is 0 Å². The molecular weight excluding hydrogens is 413 g/mol. The second kappa shape index (κ2) is 7.84. The fourth-order valence-electron chi connectivity index (χ4n) is 5.58. The highest BCUT2D eigenvalue weighted by Crippen LogP contribution is 2.55. The summed E-state index contributed by atoms with van der Waals surface area (Å²) in [7, 11) is 0. The van der Waals surface area contributed by atoms with Crippen molar-refractivity contribution in [2.45, 2.75) is 44.7 Å². The van der Waals surface area contributed by atoms with Crippen LogP contribution >= 0.6 is 0 Å². The molecule has 2 saturated carbocycles. The Morgan fingerprint density at radius 2 is 1.73 bits per heavy atom. The third-order valence-electron chi connectivity index (χ3n) is 7.55. The summed E-state index contributed by atoms with van der Waals surface area (Å²) in [5.41, 5.74) is 5.02. The van der Waals surface area contributed by atoms with Crippen LogP contribution in [-0.2, 0) is 6.54 Å². The van der Waals surface area contributed by atoms with E-state index in [2.05, 4.69) is 34.6 Å². The van der Waals surface area contributed by atoms with Gasteiger partial charge in [0, 0.05) is 36.6 Å². The Balaban J connectivity index is 1.25. The number of nitrogens with one attached hydrogen (secondary N) is 1. The maximum atomic E-state index is 14.6. The van der Waals surface area contributed by atoms with Gasteiger partial charge >= 0.3 is 0 Å². The quantitative estimate of drug-likeness (QED) is 0.417. The van der Waals surface area contributed by atoms with Gasteiger partial charge in [0.2, 0.25) is 0 Å². The fraction of sp³-hybridized carbons (Fsp3) is 0.286. The molecule has 0 bridgehead atoms. The highest BCUT2D eigenvalue weighted by Gasteiger charge is 2.48. The van der Waals surface area contributed by atoms with Crippen molar-refractivity contribution in [3.63, 3.8) is 0 Å². The van der Waals surface area contributed by atoms with Gasteiger partial charge in [0.05, 0.1) is 11.1 Å². The summed E-state index contributed by atoms with van der Waals surface area (Å²) in [6.45, 7) is 0.566. The van der Waals surface area contributed by atoms with Crippen molar-refractivity contribution in [3.05, 3.63) is 90.1 Å². The molecule has 2 aromatic heterocycles. The first-order chi connectivity index (χ1) is 16.1. The molecule has 0 unspecified atom stereocenters. The Bertz CT molecular complexity index is 1310. The van der Waals surface area contributed by atoms with Gasteiger partial charge in [-0.3, -0.25) is 9.78 Å². The molecule has 2 aliphatic rings. The molecule has 0 atom stereocenters. The molecule has 2 aromatic carbocycles. The van der Waals surface area contributed by atoms with Crippen molar-refractivity contribution in [2.24, 2.45) is 5.41 Å². The topological polar surface area (TPSA) is 46.9 Å². The van der Waals surface area contributed by atoms with E-state index < -0.39 is 0 Å². The van der Waals surface area contributed by atoms with Gasteiger partial charge in [0.25, 0.3) is 5.91 Å². The van der Waals surface area contributed by atoms with Gasteiger partial charge in [-0.2, -0.15) is 0 Å². The minimum absolute atomic E-state index is 0.104. The average Bonchev–Trinajstić information content (AvgIpc) is 3.20. The van der Waals surface area contributed by atoms with E-state index in [1.54, 1.807) is 24.5 Å². The molecule has 1 spiro atoms. The van der Waals surface area contributed by atoms with Crippen molar-refractivity contribution >= 4 is 16.8 Å². The number of nitrogens with zero attached hydrogens (tertiary/aromatic N) is 2. The molecule has 33 heavy (non-hydrogen) atoms. The van der Waals surface area contributed by atoms with Crippen LogP contribution in [0.4, 0.5) is 4.39 Å². The Hall–Kier alpha value is -3.47. The highest BCUT2D eigenvalue weighted by atomic mass is 19.1. The number of benzene rings is 2. The van der Waals surface area contributed by atoms with Crippen LogP contribution in [0.5, 0.6) is 0 Å². The number of rotatable bonds is 5. The van der Waals surface area contributed by atoms with Gasteiger partial charge in [-0.15, -0.1) is 0 Å². The third kappa shape index (κ3) is 3.62. The maximum absolute atomic E-state index is 14.6. The van der Waals surface area contributed by atoms with Crippen LogP contribution in [0.3, 0.4) is 0 Å². The molecule has 1 N–H and O–H groups in total. The zero-order valence-electron chi connectivity index (χ0n) is 18.4. The molecule has 6 rings (SSSR count). The summed E-state index contributed by atoms with van der Waals surface area (Å²) in [6.07, 6.45) is 11.5. The maximum Gasteiger partial charge on any atom is 0.253 e. The van der Waals surface area contributed by atoms with E-state index in [-0.39, 0.29) is 17.8 Å². The number of carbonyl (C=O) groups excluding carboxylic acids is 1.